The van der Waals surface area contributed by atoms with E-state index in [1.807, 2.05) is 13.8 Å². The highest BCUT2D eigenvalue weighted by atomic mass is 19.4. The van der Waals surface area contributed by atoms with Crippen LogP contribution in [0, 0.1) is 18.7 Å². The Kier molecular flexibility index (Phi) is 6.48. The van der Waals surface area contributed by atoms with E-state index >= 15 is 0 Å². The quantitative estimate of drug-likeness (QED) is 0.525. The van der Waals surface area contributed by atoms with Gasteiger partial charge in [-0.1, -0.05) is 26.3 Å². The number of nitrogens with zero attached hydrogens (tertiary/aromatic N) is 2. The summed E-state index contributed by atoms with van der Waals surface area (Å²) in [7, 11) is 0. The topological polar surface area (TPSA) is 65.7 Å². The Morgan fingerprint density at radius 2 is 1.91 bits per heavy atom. The second kappa shape index (κ2) is 9.07. The van der Waals surface area contributed by atoms with E-state index in [1.165, 1.54) is 12.1 Å². The van der Waals surface area contributed by atoms with Crippen molar-refractivity contribution in [2.24, 2.45) is 10.9 Å². The summed E-state index contributed by atoms with van der Waals surface area (Å²) in [6, 6.07) is 7.93. The lowest BCUT2D eigenvalue weighted by Crippen LogP contribution is -2.23. The van der Waals surface area contributed by atoms with Gasteiger partial charge in [-0.25, -0.2) is 9.37 Å². The van der Waals surface area contributed by atoms with Gasteiger partial charge in [-0.2, -0.15) is 13.2 Å². The Bertz CT molecular complexity index is 1190. The smallest absolute Gasteiger partial charge is 0.388 e. The number of pyridine rings is 1. The summed E-state index contributed by atoms with van der Waals surface area (Å²) in [6.07, 6.45) is -5.45. The monoisotopic (exact) mass is 474 g/mol. The lowest BCUT2D eigenvalue weighted by atomic mass is 9.89. The van der Waals surface area contributed by atoms with Crippen molar-refractivity contribution in [1.29, 1.82) is 0 Å². The number of alkyl halides is 3. The molecule has 0 amide bonds. The fraction of sp³-hybridized carbons (Fsp3) is 0.385. The molecular weight excluding hydrogens is 448 g/mol. The lowest BCUT2D eigenvalue weighted by Gasteiger charge is -2.22. The zero-order chi connectivity index (χ0) is 24.8. The molecule has 1 aliphatic heterocycles. The minimum atomic E-state index is -4.55. The molecule has 180 valence electrons. The van der Waals surface area contributed by atoms with Gasteiger partial charge in [0, 0.05) is 29.5 Å². The number of rotatable bonds is 5. The van der Waals surface area contributed by atoms with Crippen LogP contribution in [0.3, 0.4) is 0 Å². The minimum absolute atomic E-state index is 0.0823. The first-order chi connectivity index (χ1) is 16.0. The zero-order valence-corrected chi connectivity index (χ0v) is 19.1. The standard InChI is InChI=1S/C26H26F4N2O2/c1-4-14(3)25(34)18-5-6-20(15-7-13(2)8-17(27)9-15)32-24(18)22-12-19-21(31-22)10-16(11-23(19)33)26(28,29)30/h5-10,14,23,25,33-34H,4,11-12H2,1-3H3. The van der Waals surface area contributed by atoms with Crippen molar-refractivity contribution in [2.45, 2.75) is 58.4 Å². The first-order valence-electron chi connectivity index (χ1n) is 11.2. The molecule has 2 aromatic rings. The molecule has 4 rings (SSSR count). The van der Waals surface area contributed by atoms with Gasteiger partial charge < -0.3 is 10.2 Å². The fourth-order valence-electron chi connectivity index (χ4n) is 4.35. The van der Waals surface area contributed by atoms with Gasteiger partial charge in [0.15, 0.2) is 0 Å². The van der Waals surface area contributed by atoms with Crippen LogP contribution in [0.15, 0.2) is 58.2 Å². The second-order valence-corrected chi connectivity index (χ2v) is 9.01. The molecule has 34 heavy (non-hydrogen) atoms. The molecule has 0 saturated heterocycles. The minimum Gasteiger partial charge on any atom is -0.388 e. The van der Waals surface area contributed by atoms with Crippen molar-refractivity contribution >= 4 is 5.71 Å². The molecule has 2 aliphatic rings. The molecule has 0 fully saturated rings. The third-order valence-corrected chi connectivity index (χ3v) is 6.47. The van der Waals surface area contributed by atoms with Gasteiger partial charge >= 0.3 is 6.18 Å². The maximum atomic E-state index is 14.0. The average Bonchev–Trinajstić information content (AvgIpc) is 3.21. The van der Waals surface area contributed by atoms with E-state index in [-0.39, 0.29) is 18.0 Å². The number of aliphatic imine (C=N–C) groups is 1. The molecule has 0 spiro atoms. The summed E-state index contributed by atoms with van der Waals surface area (Å²) in [5.41, 5.74) is 2.58. The molecule has 0 saturated carbocycles. The Morgan fingerprint density at radius 3 is 2.56 bits per heavy atom. The Morgan fingerprint density at radius 1 is 1.18 bits per heavy atom. The molecule has 4 nitrogen and oxygen atoms in total. The summed E-state index contributed by atoms with van der Waals surface area (Å²) in [5, 5.41) is 21.4. The normalized spacial score (nSPS) is 20.1. The lowest BCUT2D eigenvalue weighted by molar-refractivity contribution is -0.0968. The van der Waals surface area contributed by atoms with E-state index in [2.05, 4.69) is 9.98 Å². The number of benzene rings is 1. The van der Waals surface area contributed by atoms with Crippen molar-refractivity contribution in [3.8, 4) is 11.3 Å². The Balaban J connectivity index is 1.82. The molecule has 1 aliphatic carbocycles. The molecule has 2 N–H and O–H groups in total. The molecule has 1 aromatic heterocycles. The largest absolute Gasteiger partial charge is 0.412 e. The van der Waals surface area contributed by atoms with E-state index in [0.717, 1.165) is 6.08 Å². The molecule has 2 heterocycles. The van der Waals surface area contributed by atoms with E-state index in [0.29, 0.717) is 45.8 Å². The van der Waals surface area contributed by atoms with Crippen LogP contribution in [0.2, 0.25) is 0 Å². The van der Waals surface area contributed by atoms with Gasteiger partial charge in [0.05, 0.1) is 35.0 Å². The van der Waals surface area contributed by atoms with Gasteiger partial charge in [0.25, 0.3) is 0 Å². The van der Waals surface area contributed by atoms with Crippen LogP contribution in [0.1, 0.15) is 56.0 Å². The number of aliphatic hydroxyl groups is 2. The molecular formula is C26H26F4N2O2. The van der Waals surface area contributed by atoms with Gasteiger partial charge in [-0.05, 0) is 54.3 Å². The van der Waals surface area contributed by atoms with Gasteiger partial charge in [-0.3, -0.25) is 4.99 Å². The molecule has 0 bridgehead atoms. The number of aryl methyl sites for hydroxylation is 1. The van der Waals surface area contributed by atoms with E-state index in [4.69, 9.17) is 0 Å². The molecule has 3 atom stereocenters. The maximum absolute atomic E-state index is 14.0. The van der Waals surface area contributed by atoms with Gasteiger partial charge in [0.2, 0.25) is 0 Å². The number of aliphatic hydroxyl groups excluding tert-OH is 2. The Hall–Kier alpha value is -2.84. The summed E-state index contributed by atoms with van der Waals surface area (Å²) < 4.78 is 53.8. The molecule has 8 heteroatoms. The highest BCUT2D eigenvalue weighted by Crippen LogP contribution is 2.41. The first kappa shape index (κ1) is 24.3. The van der Waals surface area contributed by atoms with E-state index in [9.17, 15) is 27.8 Å². The van der Waals surface area contributed by atoms with Crippen molar-refractivity contribution in [1.82, 2.24) is 4.98 Å². The maximum Gasteiger partial charge on any atom is 0.412 e. The van der Waals surface area contributed by atoms with Gasteiger partial charge in [-0.15, -0.1) is 0 Å². The predicted molar refractivity (Wildman–Crippen MR) is 122 cm³/mol. The number of aromatic nitrogens is 1. The van der Waals surface area contributed by atoms with E-state index in [1.54, 1.807) is 25.1 Å². The Labute approximate surface area is 195 Å². The van der Waals surface area contributed by atoms with Crippen molar-refractivity contribution < 1.29 is 27.8 Å². The molecule has 3 unspecified atom stereocenters. The summed E-state index contributed by atoms with van der Waals surface area (Å²) in [5.74, 6) is -0.514. The third kappa shape index (κ3) is 4.70. The van der Waals surface area contributed by atoms with Crippen LogP contribution in [0.4, 0.5) is 17.6 Å². The summed E-state index contributed by atoms with van der Waals surface area (Å²) >= 11 is 0. The summed E-state index contributed by atoms with van der Waals surface area (Å²) in [4.78, 5) is 9.09. The number of allylic oxidation sites excluding steroid dienone is 1. The van der Waals surface area contributed by atoms with Crippen molar-refractivity contribution in [2.75, 3.05) is 0 Å². The summed E-state index contributed by atoms with van der Waals surface area (Å²) in [6.45, 7) is 5.59. The number of hydrogen-bond donors (Lipinski definition) is 2. The van der Waals surface area contributed by atoms with Gasteiger partial charge in [0.1, 0.15) is 5.82 Å². The zero-order valence-electron chi connectivity index (χ0n) is 19.1. The van der Waals surface area contributed by atoms with Crippen LogP contribution >= 0.6 is 0 Å². The van der Waals surface area contributed by atoms with E-state index < -0.39 is 36.2 Å². The van der Waals surface area contributed by atoms with Crippen LogP contribution in [-0.4, -0.2) is 33.2 Å². The van der Waals surface area contributed by atoms with Crippen LogP contribution < -0.4 is 0 Å². The SMILES string of the molecule is CCC(C)C(O)c1ccc(-c2cc(C)cc(F)c2)nc1C1=NC2=C(C1)C(O)CC(C(F)(F)F)=C2. The van der Waals surface area contributed by atoms with Crippen LogP contribution in [-0.2, 0) is 0 Å². The van der Waals surface area contributed by atoms with Crippen LogP contribution in [0.5, 0.6) is 0 Å². The fourth-order valence-corrected chi connectivity index (χ4v) is 4.35. The molecule has 1 aromatic carbocycles. The molecule has 0 radical (unpaired) electrons. The second-order valence-electron chi connectivity index (χ2n) is 9.01. The third-order valence-electron chi connectivity index (χ3n) is 6.47. The van der Waals surface area contributed by atoms with Crippen molar-refractivity contribution in [3.63, 3.8) is 0 Å². The number of halogens is 4. The highest BCUT2D eigenvalue weighted by Gasteiger charge is 2.40. The number of hydrogen-bond acceptors (Lipinski definition) is 4. The van der Waals surface area contributed by atoms with Crippen molar-refractivity contribution in [3.05, 3.63) is 75.9 Å². The predicted octanol–water partition coefficient (Wildman–Crippen LogP) is 5.98. The van der Waals surface area contributed by atoms with Crippen LogP contribution in [0.25, 0.3) is 11.3 Å². The average molecular weight is 474 g/mol. The highest BCUT2D eigenvalue weighted by molar-refractivity contribution is 6.05. The first-order valence-corrected chi connectivity index (χ1v) is 11.2.